The summed E-state index contributed by atoms with van der Waals surface area (Å²) in [6, 6.07) is 12.3. The lowest BCUT2D eigenvalue weighted by atomic mass is 10.0. The number of rotatable bonds is 9. The second kappa shape index (κ2) is 12.0. The first-order valence-electron chi connectivity index (χ1n) is 13.5. The molecule has 0 unspecified atom stereocenters. The molecule has 0 spiro atoms. The number of carbonyl (C=O) groups excluding carboxylic acids is 1. The van der Waals surface area contributed by atoms with E-state index >= 15 is 0 Å². The average molecular weight is 673 g/mol. The number of hydroxylamine groups is 2. The molecule has 1 saturated heterocycles. The zero-order valence-electron chi connectivity index (χ0n) is 23.5. The lowest BCUT2D eigenvalue weighted by Gasteiger charge is -2.20. The van der Waals surface area contributed by atoms with Crippen LogP contribution in [-0.2, 0) is 32.7 Å². The molecule has 6 rings (SSSR count). The number of thiocarbonyl (C=S) groups is 1. The number of amides is 1. The summed E-state index contributed by atoms with van der Waals surface area (Å²) in [6.07, 6.45) is 1.45. The van der Waals surface area contributed by atoms with Crippen LogP contribution in [0.15, 0.2) is 63.1 Å². The Balaban J connectivity index is 1.56. The van der Waals surface area contributed by atoms with Crippen molar-refractivity contribution in [3.05, 3.63) is 80.8 Å². The Morgan fingerprint density at radius 1 is 1.09 bits per heavy atom. The van der Waals surface area contributed by atoms with E-state index in [2.05, 4.69) is 5.32 Å². The van der Waals surface area contributed by atoms with Crippen molar-refractivity contribution < 1.29 is 51.5 Å². The van der Waals surface area contributed by atoms with Gasteiger partial charge in [0.2, 0.25) is 23.3 Å². The monoisotopic (exact) mass is 672 g/mol. The number of nitrogens with one attached hydrogen (secondary N) is 1. The predicted octanol–water partition coefficient (Wildman–Crippen LogP) is -0.120. The molecule has 3 aliphatic heterocycles. The van der Waals surface area contributed by atoms with Crippen molar-refractivity contribution in [1.29, 1.82) is 0 Å². The van der Waals surface area contributed by atoms with E-state index in [1.165, 1.54) is 6.08 Å². The maximum Gasteiger partial charge on any atom is 0.323 e. The largest absolute Gasteiger partial charge is 0.480 e. The van der Waals surface area contributed by atoms with Crippen molar-refractivity contribution >= 4 is 56.8 Å². The number of aromatic nitrogens is 1. The lowest BCUT2D eigenvalue weighted by molar-refractivity contribution is -0.140. The second-order valence-electron chi connectivity index (χ2n) is 10.2. The standard InChI is InChI=1S/C28H24N4O12S2/c33-22(34)13-31-24(35)21(44-27(31)23-25(36)32(37)28(45)29-23)10-16(9-15-5-2-1-3-6-15)26-30(7-4-8-46(38,39)40)17-11-19-20(42-14-41-19)12-18(17)43-26/h1-3,5-6,10-12,37H,4,7-9,13-14H2,(H,29,45)(H,33,34)(H,38,39,40)/b21-10+,26-16-,27-23-. The van der Waals surface area contributed by atoms with Gasteiger partial charge in [-0.15, -0.1) is 0 Å². The van der Waals surface area contributed by atoms with Crippen molar-refractivity contribution in [3.8, 4) is 17.2 Å². The zero-order chi connectivity index (χ0) is 32.7. The highest BCUT2D eigenvalue weighted by atomic mass is 32.2. The molecule has 2 aromatic carbocycles. The van der Waals surface area contributed by atoms with Gasteiger partial charge in [0.1, 0.15) is 6.54 Å². The third kappa shape index (κ3) is 6.05. The number of oxazole rings is 1. The van der Waals surface area contributed by atoms with Gasteiger partial charge in [-0.3, -0.25) is 28.7 Å². The molecular weight excluding hydrogens is 648 g/mol. The van der Waals surface area contributed by atoms with Crippen LogP contribution >= 0.6 is 12.2 Å². The van der Waals surface area contributed by atoms with Crippen LogP contribution in [0, 0.1) is 0 Å². The van der Waals surface area contributed by atoms with E-state index in [1.807, 2.05) is 18.2 Å². The van der Waals surface area contributed by atoms with Gasteiger partial charge in [0.25, 0.3) is 15.7 Å². The predicted molar refractivity (Wildman–Crippen MR) is 161 cm³/mol. The van der Waals surface area contributed by atoms with Crippen molar-refractivity contribution in [1.82, 2.24) is 14.9 Å². The molecule has 0 atom stereocenters. The Morgan fingerprint density at radius 2 is 1.80 bits per heavy atom. The second-order valence-corrected chi connectivity index (χ2v) is 12.1. The summed E-state index contributed by atoms with van der Waals surface area (Å²) in [5.74, 6) is -1.67. The molecule has 0 bridgehead atoms. The molecule has 3 aliphatic rings. The van der Waals surface area contributed by atoms with Crippen LogP contribution in [0.1, 0.15) is 12.0 Å². The van der Waals surface area contributed by atoms with Crippen LogP contribution in [-0.4, -0.2) is 69.0 Å². The van der Waals surface area contributed by atoms with Crippen molar-refractivity contribution in [2.24, 2.45) is 0 Å². The number of aliphatic carboxylic acids is 1. The van der Waals surface area contributed by atoms with E-state index in [1.54, 1.807) is 29.2 Å². The third-order valence-electron chi connectivity index (χ3n) is 7.04. The molecule has 4 heterocycles. The smallest absolute Gasteiger partial charge is 0.323 e. The quantitative estimate of drug-likeness (QED) is 0.133. The summed E-state index contributed by atoms with van der Waals surface area (Å²) >= 11 is 4.89. The van der Waals surface area contributed by atoms with Gasteiger partial charge < -0.3 is 34.0 Å². The highest BCUT2D eigenvalue weighted by Crippen LogP contribution is 2.48. The van der Waals surface area contributed by atoms with E-state index < -0.39 is 56.2 Å². The van der Waals surface area contributed by atoms with Gasteiger partial charge in [0.05, 0.1) is 11.4 Å². The van der Waals surface area contributed by atoms with Crippen LogP contribution < -0.4 is 40.9 Å². The molecule has 0 aliphatic carbocycles. The van der Waals surface area contributed by atoms with E-state index in [0.29, 0.717) is 33.1 Å². The van der Waals surface area contributed by atoms with E-state index in [0.717, 1.165) is 5.56 Å². The van der Waals surface area contributed by atoms with Crippen LogP contribution in [0.25, 0.3) is 11.8 Å². The topological polar surface area (TPSA) is 210 Å². The summed E-state index contributed by atoms with van der Waals surface area (Å²) in [6.45, 7) is -0.849. The Hall–Kier alpha value is -5.17. The Morgan fingerprint density at radius 3 is 2.46 bits per heavy atom. The Bertz CT molecular complexity index is 2100. The summed E-state index contributed by atoms with van der Waals surface area (Å²) in [4.78, 5) is 39.5. The minimum Gasteiger partial charge on any atom is -0.480 e. The fourth-order valence-corrected chi connectivity index (χ4v) is 5.72. The van der Waals surface area contributed by atoms with E-state index in [9.17, 15) is 37.7 Å². The normalized spacial score (nSPS) is 18.2. The molecule has 1 aromatic heterocycles. The molecule has 240 valence electrons. The number of carboxylic acid groups (broad SMARTS) is 1. The summed E-state index contributed by atoms with van der Waals surface area (Å²) in [5.41, 5.74) is -0.635. The molecule has 0 radical (unpaired) electrons. The highest BCUT2D eigenvalue weighted by Gasteiger charge is 2.34. The van der Waals surface area contributed by atoms with Crippen LogP contribution in [0.5, 0.6) is 17.2 Å². The maximum absolute atomic E-state index is 13.6. The molecule has 18 heteroatoms. The first-order valence-corrected chi connectivity index (χ1v) is 15.5. The lowest BCUT2D eigenvalue weighted by Crippen LogP contribution is -2.36. The molecule has 46 heavy (non-hydrogen) atoms. The van der Waals surface area contributed by atoms with Crippen LogP contribution in [0.3, 0.4) is 0 Å². The van der Waals surface area contributed by atoms with Crippen molar-refractivity contribution in [2.45, 2.75) is 19.4 Å². The molecule has 1 amide bonds. The number of hydrogen-bond acceptors (Lipinski definition) is 12. The third-order valence-corrected chi connectivity index (χ3v) is 8.12. The van der Waals surface area contributed by atoms with Gasteiger partial charge in [0.15, 0.2) is 28.4 Å². The van der Waals surface area contributed by atoms with Gasteiger partial charge in [-0.25, -0.2) is 0 Å². The highest BCUT2D eigenvalue weighted by molar-refractivity contribution is 7.85. The first kappa shape index (κ1) is 30.8. The fourth-order valence-electron chi connectivity index (χ4n) is 5.04. The van der Waals surface area contributed by atoms with Crippen molar-refractivity contribution in [2.75, 3.05) is 24.0 Å². The van der Waals surface area contributed by atoms with Crippen molar-refractivity contribution in [3.63, 3.8) is 0 Å². The van der Waals surface area contributed by atoms with Crippen LogP contribution in [0.4, 0.5) is 5.69 Å². The molecule has 0 saturated carbocycles. The molecule has 4 N–H and O–H groups in total. The summed E-state index contributed by atoms with van der Waals surface area (Å²) < 4.78 is 56.2. The van der Waals surface area contributed by atoms with Crippen LogP contribution in [0.2, 0.25) is 0 Å². The van der Waals surface area contributed by atoms with Gasteiger partial charge in [0, 0.05) is 30.7 Å². The number of fused-ring (bicyclic) bond motifs is 2. The van der Waals surface area contributed by atoms with Gasteiger partial charge in [-0.05, 0) is 30.3 Å². The number of hydrogen-bond donors (Lipinski definition) is 4. The molecule has 16 nitrogen and oxygen atoms in total. The van der Waals surface area contributed by atoms with Gasteiger partial charge in [-0.2, -0.15) is 13.5 Å². The number of allylic oxidation sites excluding steroid dienone is 1. The summed E-state index contributed by atoms with van der Waals surface area (Å²) in [7, 11) is -4.28. The summed E-state index contributed by atoms with van der Waals surface area (Å²) in [5, 5.41) is 21.5. The molecule has 1 fully saturated rings. The Kier molecular flexibility index (Phi) is 8.03. The van der Waals surface area contributed by atoms with Gasteiger partial charge >= 0.3 is 11.9 Å². The maximum atomic E-state index is 13.6. The Labute approximate surface area is 264 Å². The number of ether oxygens (including phenoxy) is 3. The van der Waals surface area contributed by atoms with E-state index in [4.69, 9.17) is 30.8 Å². The van der Waals surface area contributed by atoms with Gasteiger partial charge in [-0.1, -0.05) is 30.3 Å². The average Bonchev–Trinajstić information content (AvgIpc) is 3.74. The number of anilines is 1. The minimum absolute atomic E-state index is 0.00467. The first-order chi connectivity index (χ1) is 21.9. The number of carbonyl (C=O) groups is 2. The number of nitrogens with zero attached hydrogens (tertiary/aromatic N) is 3. The number of carboxylic acids is 1. The van der Waals surface area contributed by atoms with E-state index in [-0.39, 0.29) is 42.5 Å². The zero-order valence-corrected chi connectivity index (χ0v) is 25.2. The molecule has 3 aromatic rings. The minimum atomic E-state index is -4.28. The molecular formula is C28H24N4O12S2. The number of benzene rings is 2. The SMILES string of the molecule is O=C(O)Cn1c(=O)/c(=C\C(Cc2ccccc2)=C2/Oc3cc4c(cc3N2CCCS(=O)(=O)O)OCO4)o/c1=C1\NC(=S)N(O)C1=O. The fraction of sp³-hybridized carbons (Fsp3) is 0.214.